The fourth-order valence-electron chi connectivity index (χ4n) is 0.665. The van der Waals surface area contributed by atoms with E-state index in [1.807, 2.05) is 0 Å². The van der Waals surface area contributed by atoms with Crippen LogP contribution in [0.25, 0.3) is 0 Å². The summed E-state index contributed by atoms with van der Waals surface area (Å²) in [5.74, 6) is 0. The van der Waals surface area contributed by atoms with E-state index >= 15 is 0 Å². The second kappa shape index (κ2) is 5.54. The summed E-state index contributed by atoms with van der Waals surface area (Å²) in [6.45, 7) is 0. The topological polar surface area (TPSA) is 0 Å². The number of halogens is 5. The van der Waals surface area contributed by atoms with Crippen molar-refractivity contribution in [2.75, 3.05) is 0 Å². The van der Waals surface area contributed by atoms with Crippen molar-refractivity contribution >= 4 is 97.1 Å². The molecule has 13 heavy (non-hydrogen) atoms. The molecule has 0 aromatic heterocycles. The maximum absolute atomic E-state index is 5.96. The molecule has 1 aromatic rings. The zero-order valence-electron chi connectivity index (χ0n) is 5.75. The molecule has 1 aromatic carbocycles. The second-order valence-electron chi connectivity index (χ2n) is 1.99. The third kappa shape index (κ3) is 2.68. The van der Waals surface area contributed by atoms with E-state index in [0.717, 1.165) is 3.61 Å². The van der Waals surface area contributed by atoms with E-state index in [2.05, 4.69) is 0 Å². The van der Waals surface area contributed by atoms with Crippen molar-refractivity contribution in [2.24, 2.45) is 0 Å². The summed E-state index contributed by atoms with van der Waals surface area (Å²) in [4.78, 5) is 0. The van der Waals surface area contributed by atoms with Crippen LogP contribution in [-0.2, 0) is 0 Å². The fourth-order valence-corrected chi connectivity index (χ4v) is 9.37. The Balaban J connectivity index is 3.56. The average molecular weight is 506 g/mol. The van der Waals surface area contributed by atoms with Gasteiger partial charge in [0.15, 0.2) is 0 Å². The fraction of sp³-hybridized carbons (Fsp3) is 0. The van der Waals surface area contributed by atoms with Crippen molar-refractivity contribution in [2.45, 2.75) is 0 Å². The van der Waals surface area contributed by atoms with Gasteiger partial charge in [-0.2, -0.15) is 0 Å². The molecule has 0 saturated carbocycles. The second-order valence-corrected chi connectivity index (χ2v) is 9.06. The van der Waals surface area contributed by atoms with E-state index in [-0.39, 0.29) is 5.02 Å². The first-order valence-corrected chi connectivity index (χ1v) is 13.9. The minimum absolute atomic E-state index is 0.231. The van der Waals surface area contributed by atoms with Gasteiger partial charge < -0.3 is 0 Å². The number of rotatable bonds is 1. The molecule has 72 valence electrons. The van der Waals surface area contributed by atoms with Crippen molar-refractivity contribution < 1.29 is 0 Å². The van der Waals surface area contributed by atoms with Gasteiger partial charge in [0, 0.05) is 0 Å². The van der Waals surface area contributed by atoms with Crippen LogP contribution in [0.3, 0.4) is 0 Å². The number of benzene rings is 1. The zero-order valence-corrected chi connectivity index (χ0v) is 14.4. The maximum atomic E-state index is 5.96. The molecule has 0 atom stereocenters. The summed E-state index contributed by atoms with van der Waals surface area (Å²) in [6, 6.07) is 0. The SMILES string of the molecule is Clc1c(Cl)c(Cl)c([Te][TeH])c(Cl)c1Cl. The molecule has 0 nitrogen and oxygen atoms in total. The number of hydrogen-bond acceptors (Lipinski definition) is 0. The summed E-state index contributed by atoms with van der Waals surface area (Å²) >= 11 is 30.7. The van der Waals surface area contributed by atoms with Crippen LogP contribution < -0.4 is 3.61 Å². The summed E-state index contributed by atoms with van der Waals surface area (Å²) in [5.41, 5.74) is 0. The third-order valence-corrected chi connectivity index (χ3v) is 9.42. The Bertz CT molecular complexity index is 322. The molecule has 0 spiro atoms. The van der Waals surface area contributed by atoms with Crippen molar-refractivity contribution in [3.63, 3.8) is 0 Å². The molecular weight excluding hydrogens is 505 g/mol. The first-order chi connectivity index (χ1) is 6.00. The molecule has 0 heterocycles. The van der Waals surface area contributed by atoms with Crippen LogP contribution in [0.1, 0.15) is 0 Å². The first-order valence-electron chi connectivity index (χ1n) is 2.83. The minimum atomic E-state index is -0.391. The van der Waals surface area contributed by atoms with E-state index in [1.165, 1.54) is 0 Å². The van der Waals surface area contributed by atoms with Gasteiger partial charge in [0.05, 0.1) is 0 Å². The Morgan fingerprint density at radius 1 is 0.692 bits per heavy atom. The molecule has 0 aliphatic heterocycles. The monoisotopic (exact) mass is 508 g/mol. The van der Waals surface area contributed by atoms with Gasteiger partial charge in [-0.1, -0.05) is 0 Å². The Kier molecular flexibility index (Phi) is 5.67. The van der Waals surface area contributed by atoms with Crippen molar-refractivity contribution in [1.29, 1.82) is 0 Å². The molecule has 0 N–H and O–H groups in total. The third-order valence-electron chi connectivity index (χ3n) is 1.26. The molecule has 0 aliphatic rings. The van der Waals surface area contributed by atoms with Gasteiger partial charge in [0.1, 0.15) is 0 Å². The van der Waals surface area contributed by atoms with Crippen molar-refractivity contribution in [3.8, 4) is 0 Å². The molecule has 0 saturated heterocycles. The van der Waals surface area contributed by atoms with E-state index in [9.17, 15) is 0 Å². The Morgan fingerprint density at radius 2 is 1.00 bits per heavy atom. The normalized spacial score (nSPS) is 10.6. The molecular formula is C6HCl5Te2. The predicted molar refractivity (Wildman–Crippen MR) is 64.0 cm³/mol. The Morgan fingerprint density at radius 3 is 1.31 bits per heavy atom. The van der Waals surface area contributed by atoms with Gasteiger partial charge in [-0.3, -0.25) is 0 Å². The molecule has 1 rings (SSSR count). The van der Waals surface area contributed by atoms with Gasteiger partial charge in [-0.05, 0) is 0 Å². The Labute approximate surface area is 120 Å². The van der Waals surface area contributed by atoms with E-state index in [1.54, 1.807) is 18.4 Å². The summed E-state index contributed by atoms with van der Waals surface area (Å²) in [6.07, 6.45) is 0. The van der Waals surface area contributed by atoms with E-state index in [4.69, 9.17) is 58.0 Å². The van der Waals surface area contributed by atoms with Crippen molar-refractivity contribution in [3.05, 3.63) is 25.1 Å². The quantitative estimate of drug-likeness (QED) is 0.313. The molecule has 7 heteroatoms. The standard InChI is InChI=1S/C6HCl5Te2/c7-1-2(8)4(10)6(13-12)5(11)3(1)9/h12H. The van der Waals surface area contributed by atoms with Gasteiger partial charge in [-0.15, -0.1) is 0 Å². The van der Waals surface area contributed by atoms with Gasteiger partial charge in [-0.25, -0.2) is 0 Å². The molecule has 0 amide bonds. The van der Waals surface area contributed by atoms with Crippen LogP contribution in [-0.4, -0.2) is 35.5 Å². The molecule has 0 bridgehead atoms. The average Bonchev–Trinajstić information content (AvgIpc) is 2.13. The molecule has 0 fully saturated rings. The summed E-state index contributed by atoms with van der Waals surface area (Å²) in [5, 5.41) is 1.73. The Hall–Kier alpha value is 2.25. The van der Waals surface area contributed by atoms with Gasteiger partial charge >= 0.3 is 122 Å². The van der Waals surface area contributed by atoms with Crippen LogP contribution in [0, 0.1) is 0 Å². The van der Waals surface area contributed by atoms with E-state index < -0.39 is 17.1 Å². The van der Waals surface area contributed by atoms with Crippen LogP contribution >= 0.6 is 58.0 Å². The van der Waals surface area contributed by atoms with Crippen LogP contribution in [0.4, 0.5) is 0 Å². The zero-order chi connectivity index (χ0) is 10.2. The van der Waals surface area contributed by atoms with Gasteiger partial charge in [0.2, 0.25) is 0 Å². The van der Waals surface area contributed by atoms with Crippen LogP contribution in [0.15, 0.2) is 0 Å². The number of hydrogen-bond donors (Lipinski definition) is 0. The molecule has 0 radical (unpaired) electrons. The predicted octanol–water partition coefficient (Wildman–Crippen LogP) is 3.10. The van der Waals surface area contributed by atoms with Crippen LogP contribution in [0.2, 0.25) is 25.1 Å². The summed E-state index contributed by atoms with van der Waals surface area (Å²) < 4.78 is 0.877. The van der Waals surface area contributed by atoms with Crippen molar-refractivity contribution in [1.82, 2.24) is 0 Å². The van der Waals surface area contributed by atoms with Gasteiger partial charge in [0.25, 0.3) is 0 Å². The summed E-state index contributed by atoms with van der Waals surface area (Å²) in [7, 11) is 0. The molecule has 0 unspecified atom stereocenters. The van der Waals surface area contributed by atoms with Crippen LogP contribution in [0.5, 0.6) is 0 Å². The molecule has 0 aliphatic carbocycles. The first kappa shape index (κ1) is 13.3. The van der Waals surface area contributed by atoms with E-state index in [0.29, 0.717) is 20.1 Å².